The molecule has 10 amide bonds. The number of carbonyl (C=O) groups excluding carboxylic acids is 10. The van der Waals surface area contributed by atoms with Gasteiger partial charge in [-0.3, -0.25) is 47.9 Å². The topological polar surface area (TPSA) is 223 Å². The van der Waals surface area contributed by atoms with E-state index in [-0.39, 0.29) is 183 Å². The molecule has 0 aliphatic heterocycles. The maximum absolute atomic E-state index is 14.3. The summed E-state index contributed by atoms with van der Waals surface area (Å²) in [6.07, 6.45) is 18.6. The van der Waals surface area contributed by atoms with Gasteiger partial charge in [0.05, 0.1) is 6.61 Å². The fourth-order valence-corrected chi connectivity index (χ4v) is 10.6. The van der Waals surface area contributed by atoms with Gasteiger partial charge in [-0.25, -0.2) is 0 Å². The molecular formula is C71H134N10O11. The predicted molar refractivity (Wildman–Crippen MR) is 369 cm³/mol. The molecule has 0 heterocycles. The zero-order valence-electron chi connectivity index (χ0n) is 60.4. The standard InChI is InChI=1S/C71H134N10O11/c1-12-22-32-62(83)72(11)42-43-73(63(84)33-23-13-2)44-45-74(64(85)34-24-14-3)46-47-75(65(86)35-25-15-4)48-49-76(66(87)36-26-16-5)50-51-77(67(88)37-27-17-6)52-53-78(68(89)38-28-18-7)54-55-79(69(90)39-29-19-8)56-57-80(70(91)40-30-20-9)58-59-81(60-61-82)71(92)41-31-21-10/h82H,12-61H2,1-11H3. The molecule has 0 fully saturated rings. The van der Waals surface area contributed by atoms with Crippen LogP contribution in [0.4, 0.5) is 0 Å². The van der Waals surface area contributed by atoms with Gasteiger partial charge in [-0.05, 0) is 64.2 Å². The summed E-state index contributed by atoms with van der Waals surface area (Å²) in [6, 6.07) is 0. The summed E-state index contributed by atoms with van der Waals surface area (Å²) in [7, 11) is 1.76. The maximum Gasteiger partial charge on any atom is 0.222 e. The van der Waals surface area contributed by atoms with Gasteiger partial charge in [0, 0.05) is 196 Å². The number of likely N-dealkylation sites (N-methyl/N-ethyl adjacent to an activating group) is 1. The molecule has 92 heavy (non-hydrogen) atoms. The number of hydrogen-bond acceptors (Lipinski definition) is 11. The van der Waals surface area contributed by atoms with Crippen molar-refractivity contribution in [2.75, 3.05) is 138 Å². The van der Waals surface area contributed by atoms with Gasteiger partial charge < -0.3 is 54.1 Å². The van der Waals surface area contributed by atoms with Crippen LogP contribution in [0.25, 0.3) is 0 Å². The molecule has 534 valence electrons. The first-order valence-corrected chi connectivity index (χ1v) is 36.7. The SMILES string of the molecule is CCCCC(=O)N(C)CCN(CCN(CCN(CCN(CCN(CCN(CCN(CCN(CCN(CCO)C(=O)CCCC)C(=O)CCCC)C(=O)CCCC)C(=O)CCCC)C(=O)CCCC)C(=O)CCCC)C(=O)CCCC)C(=O)CCCC)C(=O)CCCC. The second-order valence-electron chi connectivity index (χ2n) is 25.0. The zero-order valence-corrected chi connectivity index (χ0v) is 60.4. The van der Waals surface area contributed by atoms with Gasteiger partial charge in [0.1, 0.15) is 0 Å². The molecule has 21 nitrogen and oxygen atoms in total. The fourth-order valence-electron chi connectivity index (χ4n) is 10.6. The smallest absolute Gasteiger partial charge is 0.222 e. The molecule has 0 saturated heterocycles. The number of amides is 10. The van der Waals surface area contributed by atoms with Crippen LogP contribution in [0.1, 0.15) is 262 Å². The van der Waals surface area contributed by atoms with E-state index in [0.29, 0.717) is 116 Å². The second kappa shape index (κ2) is 56.0. The van der Waals surface area contributed by atoms with Gasteiger partial charge in [0.2, 0.25) is 59.1 Å². The summed E-state index contributed by atoms with van der Waals surface area (Å²) < 4.78 is 0. The Bertz CT molecular complexity index is 2050. The van der Waals surface area contributed by atoms with Crippen molar-refractivity contribution in [3.63, 3.8) is 0 Å². The second-order valence-corrected chi connectivity index (χ2v) is 25.0. The Labute approximate surface area is 558 Å². The van der Waals surface area contributed by atoms with E-state index in [4.69, 9.17) is 0 Å². The highest BCUT2D eigenvalue weighted by molar-refractivity contribution is 5.81. The lowest BCUT2D eigenvalue weighted by Crippen LogP contribution is -2.49. The van der Waals surface area contributed by atoms with E-state index in [2.05, 4.69) is 0 Å². The summed E-state index contributed by atoms with van der Waals surface area (Å²) in [5, 5.41) is 9.82. The van der Waals surface area contributed by atoms with Crippen molar-refractivity contribution in [1.29, 1.82) is 0 Å². The molecule has 0 radical (unpaired) electrons. The Kier molecular flexibility index (Phi) is 52.8. The van der Waals surface area contributed by atoms with Crippen molar-refractivity contribution < 1.29 is 53.1 Å². The Balaban J connectivity index is 7.03. The van der Waals surface area contributed by atoms with Crippen molar-refractivity contribution in [3.05, 3.63) is 0 Å². The van der Waals surface area contributed by atoms with Gasteiger partial charge in [0.25, 0.3) is 0 Å². The minimum absolute atomic E-state index is 0.0199. The number of aliphatic hydroxyl groups is 1. The molecule has 0 bridgehead atoms. The summed E-state index contributed by atoms with van der Waals surface area (Å²) >= 11 is 0. The number of hydrogen-bond donors (Lipinski definition) is 1. The molecule has 0 aromatic heterocycles. The molecule has 1 N–H and O–H groups in total. The highest BCUT2D eigenvalue weighted by atomic mass is 16.3. The van der Waals surface area contributed by atoms with Crippen molar-refractivity contribution >= 4 is 59.1 Å². The zero-order chi connectivity index (χ0) is 68.9. The van der Waals surface area contributed by atoms with E-state index < -0.39 is 0 Å². The monoisotopic (exact) mass is 1300 g/mol. The van der Waals surface area contributed by atoms with Gasteiger partial charge in [-0.15, -0.1) is 0 Å². The van der Waals surface area contributed by atoms with Crippen molar-refractivity contribution in [2.45, 2.75) is 262 Å². The third-order valence-electron chi connectivity index (χ3n) is 17.2. The fraction of sp³-hybridized carbons (Fsp3) is 0.859. The van der Waals surface area contributed by atoms with Crippen LogP contribution in [0.5, 0.6) is 0 Å². The van der Waals surface area contributed by atoms with E-state index in [9.17, 15) is 53.1 Å². The van der Waals surface area contributed by atoms with E-state index >= 15 is 0 Å². The largest absolute Gasteiger partial charge is 0.395 e. The Morgan fingerprint density at radius 2 is 0.315 bits per heavy atom. The summed E-state index contributed by atoms with van der Waals surface area (Å²) in [6.45, 7) is 24.6. The van der Waals surface area contributed by atoms with Gasteiger partial charge >= 0.3 is 0 Å². The number of unbranched alkanes of at least 4 members (excludes halogenated alkanes) is 10. The van der Waals surface area contributed by atoms with Crippen LogP contribution >= 0.6 is 0 Å². The first-order chi connectivity index (χ1) is 44.3. The predicted octanol–water partition coefficient (Wildman–Crippen LogP) is 9.80. The van der Waals surface area contributed by atoms with Crippen LogP contribution in [0.15, 0.2) is 0 Å². The average molecular weight is 1300 g/mol. The minimum Gasteiger partial charge on any atom is -0.395 e. The number of carbonyl (C=O) groups is 10. The average Bonchev–Trinajstić information content (AvgIpc) is 3.74. The van der Waals surface area contributed by atoms with Crippen LogP contribution in [0, 0.1) is 0 Å². The molecule has 0 aliphatic carbocycles. The first-order valence-electron chi connectivity index (χ1n) is 36.7. The molecule has 0 unspecified atom stereocenters. The van der Waals surface area contributed by atoms with Crippen LogP contribution in [0.2, 0.25) is 0 Å². The number of rotatable bonds is 59. The highest BCUT2D eigenvalue weighted by Gasteiger charge is 2.27. The minimum atomic E-state index is -0.194. The third kappa shape index (κ3) is 39.4. The highest BCUT2D eigenvalue weighted by Crippen LogP contribution is 2.14. The molecule has 0 aromatic carbocycles. The van der Waals surface area contributed by atoms with Gasteiger partial charge in [-0.1, -0.05) is 133 Å². The van der Waals surface area contributed by atoms with E-state index in [0.717, 1.165) is 83.5 Å². The number of nitrogens with zero attached hydrogens (tertiary/aromatic N) is 10. The maximum atomic E-state index is 14.3. The Morgan fingerprint density at radius 1 is 0.196 bits per heavy atom. The van der Waals surface area contributed by atoms with E-state index in [1.165, 1.54) is 0 Å². The lowest BCUT2D eigenvalue weighted by atomic mass is 10.2. The molecule has 21 heteroatoms. The van der Waals surface area contributed by atoms with Gasteiger partial charge in [0.15, 0.2) is 0 Å². The van der Waals surface area contributed by atoms with Gasteiger partial charge in [-0.2, -0.15) is 0 Å². The lowest BCUT2D eigenvalue weighted by Gasteiger charge is -2.34. The first kappa shape index (κ1) is 86.7. The summed E-state index contributed by atoms with van der Waals surface area (Å²) in [5.74, 6) is -0.606. The van der Waals surface area contributed by atoms with Crippen LogP contribution < -0.4 is 0 Å². The van der Waals surface area contributed by atoms with Crippen LogP contribution in [-0.4, -0.2) is 251 Å². The molecule has 0 rings (SSSR count). The molecule has 0 saturated carbocycles. The van der Waals surface area contributed by atoms with E-state index in [1.807, 2.05) is 69.2 Å². The summed E-state index contributed by atoms with van der Waals surface area (Å²) in [4.78, 5) is 156. The van der Waals surface area contributed by atoms with Crippen molar-refractivity contribution in [3.8, 4) is 0 Å². The molecule has 0 atom stereocenters. The normalized spacial score (nSPS) is 11.0. The number of aliphatic hydroxyl groups excluding tert-OH is 1. The molecule has 0 aliphatic rings. The van der Waals surface area contributed by atoms with E-state index in [1.54, 1.807) is 56.0 Å². The molecular weight excluding hydrogens is 1170 g/mol. The van der Waals surface area contributed by atoms with Crippen molar-refractivity contribution in [1.82, 2.24) is 49.0 Å². The quantitative estimate of drug-likeness (QED) is 0.0603. The summed E-state index contributed by atoms with van der Waals surface area (Å²) in [5.41, 5.74) is 0. The van der Waals surface area contributed by atoms with Crippen LogP contribution in [-0.2, 0) is 47.9 Å². The third-order valence-corrected chi connectivity index (χ3v) is 17.2. The Hall–Kier alpha value is -5.34. The Morgan fingerprint density at radius 3 is 0.446 bits per heavy atom. The lowest BCUT2D eigenvalue weighted by molar-refractivity contribution is -0.139. The molecule has 0 aromatic rings. The molecule has 0 spiro atoms. The van der Waals surface area contributed by atoms with Crippen LogP contribution in [0.3, 0.4) is 0 Å². The van der Waals surface area contributed by atoms with Crippen molar-refractivity contribution in [2.24, 2.45) is 0 Å².